The number of fused-ring (bicyclic) bond motifs is 2. The smallest absolute Gasteiger partial charge is 0.223 e. The Labute approximate surface area is 106 Å². The number of hydrogen-bond donors (Lipinski definition) is 1. The molecule has 2 fully saturated rings. The summed E-state index contributed by atoms with van der Waals surface area (Å²) in [6.07, 6.45) is 10.1. The number of amides is 1. The van der Waals surface area contributed by atoms with Gasteiger partial charge in [-0.15, -0.1) is 0 Å². The van der Waals surface area contributed by atoms with E-state index >= 15 is 0 Å². The van der Waals surface area contributed by atoms with Gasteiger partial charge in [0.05, 0.1) is 0 Å². The molecule has 0 aromatic carbocycles. The highest BCUT2D eigenvalue weighted by Gasteiger charge is 2.43. The highest BCUT2D eigenvalue weighted by atomic mass is 16.2. The molecule has 4 atom stereocenters. The Balaban J connectivity index is 1.70. The minimum absolute atomic E-state index is 0.348. The van der Waals surface area contributed by atoms with Crippen LogP contribution in [0.4, 0.5) is 0 Å². The fourth-order valence-electron chi connectivity index (χ4n) is 3.69. The standard InChI is InChI=1S/C15H27NO/c1-3-4-5-6-11(2)16-15(17)14-10-12-7-8-13(14)9-12/h11-14H,3-10H2,1-2H3,(H,16,17)/t11-,12-,13-,14-/m0/s1. The summed E-state index contributed by atoms with van der Waals surface area (Å²) in [6.45, 7) is 4.37. The van der Waals surface area contributed by atoms with Crippen molar-refractivity contribution >= 4 is 5.91 Å². The summed E-state index contributed by atoms with van der Waals surface area (Å²) in [6, 6.07) is 0.369. The van der Waals surface area contributed by atoms with Crippen LogP contribution in [0, 0.1) is 17.8 Å². The van der Waals surface area contributed by atoms with Crippen LogP contribution in [0.15, 0.2) is 0 Å². The highest BCUT2D eigenvalue weighted by molar-refractivity contribution is 5.79. The monoisotopic (exact) mass is 237 g/mol. The molecule has 0 radical (unpaired) electrons. The van der Waals surface area contributed by atoms with Gasteiger partial charge in [0, 0.05) is 12.0 Å². The van der Waals surface area contributed by atoms with Crippen LogP contribution in [0.2, 0.25) is 0 Å². The van der Waals surface area contributed by atoms with E-state index in [-0.39, 0.29) is 0 Å². The Kier molecular flexibility index (Phi) is 4.47. The second-order valence-electron chi connectivity index (χ2n) is 6.19. The predicted octanol–water partition coefficient (Wildman–Crippen LogP) is 3.51. The maximum Gasteiger partial charge on any atom is 0.223 e. The topological polar surface area (TPSA) is 29.1 Å². The molecule has 0 aromatic rings. The molecule has 0 spiro atoms. The van der Waals surface area contributed by atoms with Crippen LogP contribution in [0.25, 0.3) is 0 Å². The number of carbonyl (C=O) groups is 1. The average molecular weight is 237 g/mol. The lowest BCUT2D eigenvalue weighted by Gasteiger charge is -2.23. The molecular formula is C15H27NO. The third kappa shape index (κ3) is 3.23. The van der Waals surface area contributed by atoms with Crippen molar-refractivity contribution in [2.45, 2.75) is 71.3 Å². The molecule has 0 aliphatic heterocycles. The number of carbonyl (C=O) groups excluding carboxylic acids is 1. The molecule has 2 nitrogen and oxygen atoms in total. The van der Waals surface area contributed by atoms with Crippen LogP contribution in [0.5, 0.6) is 0 Å². The summed E-state index contributed by atoms with van der Waals surface area (Å²) in [7, 11) is 0. The average Bonchev–Trinajstić information content (AvgIpc) is 2.91. The number of unbranched alkanes of at least 4 members (excludes halogenated alkanes) is 2. The lowest BCUT2D eigenvalue weighted by Crippen LogP contribution is -2.39. The summed E-state index contributed by atoms with van der Waals surface area (Å²) >= 11 is 0. The summed E-state index contributed by atoms with van der Waals surface area (Å²) < 4.78 is 0. The van der Waals surface area contributed by atoms with E-state index in [0.717, 1.165) is 18.8 Å². The van der Waals surface area contributed by atoms with Gasteiger partial charge in [-0.3, -0.25) is 4.79 Å². The fourth-order valence-corrected chi connectivity index (χ4v) is 3.69. The van der Waals surface area contributed by atoms with Crippen molar-refractivity contribution in [3.63, 3.8) is 0 Å². The zero-order valence-corrected chi connectivity index (χ0v) is 11.4. The third-order valence-electron chi connectivity index (χ3n) is 4.70. The normalized spacial score (nSPS) is 32.7. The Bertz CT molecular complexity index is 264. The zero-order valence-electron chi connectivity index (χ0n) is 11.4. The van der Waals surface area contributed by atoms with Gasteiger partial charge in [-0.2, -0.15) is 0 Å². The minimum atomic E-state index is 0.348. The van der Waals surface area contributed by atoms with E-state index in [0.29, 0.717) is 23.8 Å². The van der Waals surface area contributed by atoms with Crippen molar-refractivity contribution < 1.29 is 4.79 Å². The van der Waals surface area contributed by atoms with Crippen LogP contribution in [0.1, 0.15) is 65.2 Å². The summed E-state index contributed by atoms with van der Waals surface area (Å²) in [5.74, 6) is 2.28. The van der Waals surface area contributed by atoms with Crippen molar-refractivity contribution in [2.24, 2.45) is 17.8 Å². The molecule has 0 aromatic heterocycles. The van der Waals surface area contributed by atoms with Gasteiger partial charge in [-0.1, -0.05) is 32.6 Å². The first-order chi connectivity index (χ1) is 8.20. The van der Waals surface area contributed by atoms with E-state index in [4.69, 9.17) is 0 Å². The quantitative estimate of drug-likeness (QED) is 0.704. The molecule has 0 heterocycles. The number of nitrogens with one attached hydrogen (secondary N) is 1. The largest absolute Gasteiger partial charge is 0.353 e. The predicted molar refractivity (Wildman–Crippen MR) is 70.7 cm³/mol. The molecule has 2 bridgehead atoms. The molecule has 2 heteroatoms. The fraction of sp³-hybridized carbons (Fsp3) is 0.933. The van der Waals surface area contributed by atoms with Crippen molar-refractivity contribution in [2.75, 3.05) is 0 Å². The van der Waals surface area contributed by atoms with Crippen LogP contribution < -0.4 is 5.32 Å². The molecule has 2 aliphatic rings. The molecule has 98 valence electrons. The molecular weight excluding hydrogens is 210 g/mol. The Hall–Kier alpha value is -0.530. The Morgan fingerprint density at radius 2 is 2.12 bits per heavy atom. The molecule has 0 saturated heterocycles. The third-order valence-corrected chi connectivity index (χ3v) is 4.70. The van der Waals surface area contributed by atoms with Crippen LogP contribution in [-0.4, -0.2) is 11.9 Å². The van der Waals surface area contributed by atoms with E-state index in [1.807, 2.05) is 0 Å². The number of hydrogen-bond acceptors (Lipinski definition) is 1. The van der Waals surface area contributed by atoms with Crippen LogP contribution in [0.3, 0.4) is 0 Å². The summed E-state index contributed by atoms with van der Waals surface area (Å²) in [5.41, 5.74) is 0. The van der Waals surface area contributed by atoms with Crippen LogP contribution >= 0.6 is 0 Å². The molecule has 2 rings (SSSR count). The molecule has 1 N–H and O–H groups in total. The van der Waals surface area contributed by atoms with Crippen molar-refractivity contribution in [3.05, 3.63) is 0 Å². The second kappa shape index (κ2) is 5.88. The molecule has 0 unspecified atom stereocenters. The maximum absolute atomic E-state index is 12.2. The van der Waals surface area contributed by atoms with Gasteiger partial charge in [0.1, 0.15) is 0 Å². The first-order valence-corrected chi connectivity index (χ1v) is 7.51. The Morgan fingerprint density at radius 3 is 2.71 bits per heavy atom. The number of rotatable bonds is 6. The van der Waals surface area contributed by atoms with Gasteiger partial charge in [0.2, 0.25) is 5.91 Å². The first kappa shape index (κ1) is 12.9. The molecule has 2 aliphatic carbocycles. The van der Waals surface area contributed by atoms with Crippen molar-refractivity contribution in [1.82, 2.24) is 5.32 Å². The van der Waals surface area contributed by atoms with Crippen molar-refractivity contribution in [3.8, 4) is 0 Å². The van der Waals surface area contributed by atoms with E-state index in [2.05, 4.69) is 19.2 Å². The van der Waals surface area contributed by atoms with E-state index in [9.17, 15) is 4.79 Å². The van der Waals surface area contributed by atoms with Gasteiger partial charge in [0.15, 0.2) is 0 Å². The van der Waals surface area contributed by atoms with Gasteiger partial charge in [0.25, 0.3) is 0 Å². The van der Waals surface area contributed by atoms with Crippen molar-refractivity contribution in [1.29, 1.82) is 0 Å². The molecule has 1 amide bonds. The van der Waals surface area contributed by atoms with Crippen LogP contribution in [-0.2, 0) is 4.79 Å². The highest BCUT2D eigenvalue weighted by Crippen LogP contribution is 2.48. The molecule has 17 heavy (non-hydrogen) atoms. The van der Waals surface area contributed by atoms with E-state index in [1.165, 1.54) is 38.5 Å². The summed E-state index contributed by atoms with van der Waals surface area (Å²) in [4.78, 5) is 12.2. The van der Waals surface area contributed by atoms with E-state index < -0.39 is 0 Å². The summed E-state index contributed by atoms with van der Waals surface area (Å²) in [5, 5.41) is 3.23. The first-order valence-electron chi connectivity index (χ1n) is 7.51. The SMILES string of the molecule is CCCCC[C@H](C)NC(=O)[C@H]1C[C@H]2CC[C@H]1C2. The Morgan fingerprint density at radius 1 is 1.29 bits per heavy atom. The molecule has 2 saturated carbocycles. The zero-order chi connectivity index (χ0) is 12.3. The second-order valence-corrected chi connectivity index (χ2v) is 6.19. The lowest BCUT2D eigenvalue weighted by molar-refractivity contribution is -0.127. The van der Waals surface area contributed by atoms with E-state index in [1.54, 1.807) is 0 Å². The van der Waals surface area contributed by atoms with Gasteiger partial charge in [-0.05, 0) is 44.4 Å². The van der Waals surface area contributed by atoms with Gasteiger partial charge in [-0.25, -0.2) is 0 Å². The lowest BCUT2D eigenvalue weighted by atomic mass is 9.88. The maximum atomic E-state index is 12.2. The minimum Gasteiger partial charge on any atom is -0.353 e. The van der Waals surface area contributed by atoms with Gasteiger partial charge >= 0.3 is 0 Å². The van der Waals surface area contributed by atoms with Gasteiger partial charge < -0.3 is 5.32 Å².